The van der Waals surface area contributed by atoms with Gasteiger partial charge in [-0.2, -0.15) is 8.42 Å². The molecule has 1 amide bonds. The molecule has 1 aromatic heterocycles. The molecule has 0 radical (unpaired) electrons. The van der Waals surface area contributed by atoms with Crippen LogP contribution in [-0.4, -0.2) is 48.5 Å². The van der Waals surface area contributed by atoms with E-state index in [2.05, 4.69) is 4.57 Å². The summed E-state index contributed by atoms with van der Waals surface area (Å²) < 4.78 is 49.7. The second kappa shape index (κ2) is 9.03. The highest BCUT2D eigenvalue weighted by molar-refractivity contribution is 7.85. The Kier molecular flexibility index (Phi) is 6.44. The summed E-state index contributed by atoms with van der Waals surface area (Å²) in [6.07, 6.45) is 0.883. The van der Waals surface area contributed by atoms with Gasteiger partial charge in [0.25, 0.3) is 10.1 Å². The van der Waals surface area contributed by atoms with Crippen LogP contribution in [-0.2, 0) is 38.5 Å². The smallest absolute Gasteiger partial charge is 0.410 e. The molecule has 7 nitrogen and oxygen atoms in total. The van der Waals surface area contributed by atoms with Crippen molar-refractivity contribution in [1.82, 2.24) is 9.47 Å². The molecular weight excluding hydrogens is 459 g/mol. The first-order valence-electron chi connectivity index (χ1n) is 11.1. The first-order valence-corrected chi connectivity index (χ1v) is 12.9. The van der Waals surface area contributed by atoms with Crippen LogP contribution in [0.1, 0.15) is 37.6 Å². The molecule has 1 aliphatic heterocycles. The number of halogens is 1. The Morgan fingerprint density at radius 2 is 1.79 bits per heavy atom. The lowest BCUT2D eigenvalue weighted by Gasteiger charge is -2.37. The van der Waals surface area contributed by atoms with E-state index >= 15 is 0 Å². The Morgan fingerprint density at radius 3 is 2.44 bits per heavy atom. The zero-order chi connectivity index (χ0) is 24.7. The van der Waals surface area contributed by atoms with Gasteiger partial charge >= 0.3 is 6.09 Å². The number of para-hydroxylation sites is 1. The first-order chi connectivity index (χ1) is 15.9. The van der Waals surface area contributed by atoms with Gasteiger partial charge in [0.15, 0.2) is 0 Å². The molecule has 0 bridgehead atoms. The summed E-state index contributed by atoms with van der Waals surface area (Å²) >= 11 is 0. The molecule has 0 aliphatic carbocycles. The summed E-state index contributed by atoms with van der Waals surface area (Å²) in [6, 6.07) is 13.8. The van der Waals surface area contributed by atoms with Gasteiger partial charge in [0.05, 0.1) is 25.4 Å². The van der Waals surface area contributed by atoms with Crippen LogP contribution in [0.4, 0.5) is 9.18 Å². The SMILES string of the molecule is CC(C)(C)OC(=O)N1Cc2c(c3ccccc3n2Cc2ccc(F)cc2)CC1COS(C)(=O)=O. The quantitative estimate of drug-likeness (QED) is 0.496. The summed E-state index contributed by atoms with van der Waals surface area (Å²) in [5, 5.41) is 1.04. The Morgan fingerprint density at radius 1 is 1.12 bits per heavy atom. The molecule has 1 atom stereocenters. The van der Waals surface area contributed by atoms with Crippen molar-refractivity contribution < 1.29 is 26.5 Å². The number of amides is 1. The molecule has 1 unspecified atom stereocenters. The van der Waals surface area contributed by atoms with Crippen LogP contribution in [0.5, 0.6) is 0 Å². The van der Waals surface area contributed by atoms with Gasteiger partial charge < -0.3 is 9.30 Å². The van der Waals surface area contributed by atoms with Crippen molar-refractivity contribution >= 4 is 27.1 Å². The van der Waals surface area contributed by atoms with Crippen LogP contribution in [0.15, 0.2) is 48.5 Å². The molecule has 34 heavy (non-hydrogen) atoms. The van der Waals surface area contributed by atoms with Gasteiger partial charge in [0.1, 0.15) is 11.4 Å². The molecule has 0 fully saturated rings. The van der Waals surface area contributed by atoms with Crippen LogP contribution in [0.25, 0.3) is 10.9 Å². The van der Waals surface area contributed by atoms with Crippen molar-refractivity contribution in [2.45, 2.75) is 51.9 Å². The van der Waals surface area contributed by atoms with Crippen molar-refractivity contribution in [3.63, 3.8) is 0 Å². The van der Waals surface area contributed by atoms with E-state index in [4.69, 9.17) is 8.92 Å². The number of fused-ring (bicyclic) bond motifs is 3. The fraction of sp³-hybridized carbons (Fsp3) is 0.400. The molecule has 0 N–H and O–H groups in total. The van der Waals surface area contributed by atoms with E-state index in [1.165, 1.54) is 12.1 Å². The first kappa shape index (κ1) is 24.2. The molecule has 1 aliphatic rings. The van der Waals surface area contributed by atoms with Gasteiger partial charge in [-0.3, -0.25) is 9.08 Å². The summed E-state index contributed by atoms with van der Waals surface area (Å²) in [6.45, 7) is 5.94. The average molecular weight is 489 g/mol. The molecule has 2 aromatic carbocycles. The number of carbonyl (C=O) groups is 1. The minimum Gasteiger partial charge on any atom is -0.444 e. The predicted molar refractivity (Wildman–Crippen MR) is 128 cm³/mol. The van der Waals surface area contributed by atoms with Gasteiger partial charge in [0, 0.05) is 23.1 Å². The van der Waals surface area contributed by atoms with Crippen LogP contribution >= 0.6 is 0 Å². The average Bonchev–Trinajstić information content (AvgIpc) is 3.04. The number of benzene rings is 2. The maximum Gasteiger partial charge on any atom is 0.410 e. The lowest BCUT2D eigenvalue weighted by molar-refractivity contribution is 0.00595. The van der Waals surface area contributed by atoms with Crippen LogP contribution in [0, 0.1) is 5.82 Å². The highest BCUT2D eigenvalue weighted by atomic mass is 32.2. The third kappa shape index (κ3) is 5.42. The fourth-order valence-electron chi connectivity index (χ4n) is 4.31. The lowest BCUT2D eigenvalue weighted by atomic mass is 9.97. The molecule has 9 heteroatoms. The Hall–Kier alpha value is -2.91. The van der Waals surface area contributed by atoms with Gasteiger partial charge in [-0.05, 0) is 56.5 Å². The molecule has 3 aromatic rings. The maximum absolute atomic E-state index is 13.4. The topological polar surface area (TPSA) is 77.8 Å². The molecular formula is C25H29FN2O5S. The third-order valence-electron chi connectivity index (χ3n) is 5.75. The largest absolute Gasteiger partial charge is 0.444 e. The normalized spacial score (nSPS) is 16.5. The van der Waals surface area contributed by atoms with E-state index < -0.39 is 27.9 Å². The van der Waals surface area contributed by atoms with Crippen LogP contribution in [0.3, 0.4) is 0 Å². The number of carbonyl (C=O) groups excluding carboxylic acids is 1. The van der Waals surface area contributed by atoms with Crippen molar-refractivity contribution in [3.05, 3.63) is 71.2 Å². The Bertz CT molecular complexity index is 1310. The highest BCUT2D eigenvalue weighted by Crippen LogP contribution is 2.34. The number of hydrogen-bond acceptors (Lipinski definition) is 5. The molecule has 0 spiro atoms. The zero-order valence-corrected chi connectivity index (χ0v) is 20.6. The van der Waals surface area contributed by atoms with Crippen LogP contribution in [0.2, 0.25) is 0 Å². The van der Waals surface area contributed by atoms with E-state index in [1.54, 1.807) is 37.8 Å². The van der Waals surface area contributed by atoms with Crippen molar-refractivity contribution in [1.29, 1.82) is 0 Å². The molecule has 182 valence electrons. The molecule has 4 rings (SSSR count). The maximum atomic E-state index is 13.4. The van der Waals surface area contributed by atoms with E-state index in [1.807, 2.05) is 24.3 Å². The van der Waals surface area contributed by atoms with Gasteiger partial charge in [-0.25, -0.2) is 9.18 Å². The van der Waals surface area contributed by atoms with Gasteiger partial charge in [-0.15, -0.1) is 0 Å². The minimum absolute atomic E-state index is 0.158. The number of hydrogen-bond donors (Lipinski definition) is 0. The Balaban J connectivity index is 1.77. The minimum atomic E-state index is -3.68. The van der Waals surface area contributed by atoms with E-state index in [0.717, 1.165) is 34.0 Å². The van der Waals surface area contributed by atoms with E-state index in [9.17, 15) is 17.6 Å². The lowest BCUT2D eigenvalue weighted by Crippen LogP contribution is -2.49. The summed E-state index contributed by atoms with van der Waals surface area (Å²) in [7, 11) is -3.68. The fourth-order valence-corrected chi connectivity index (χ4v) is 4.72. The molecule has 0 saturated carbocycles. The van der Waals surface area contributed by atoms with Gasteiger partial charge in [-0.1, -0.05) is 30.3 Å². The summed E-state index contributed by atoms with van der Waals surface area (Å²) in [4.78, 5) is 14.7. The van der Waals surface area contributed by atoms with Crippen molar-refractivity contribution in [2.24, 2.45) is 0 Å². The highest BCUT2D eigenvalue weighted by Gasteiger charge is 2.36. The predicted octanol–water partition coefficient (Wildman–Crippen LogP) is 4.47. The standard InChI is InChI=1S/C25H29FN2O5S/c1-25(2,3)33-24(29)27-15-23-21(13-19(27)16-32-34(4,30)31)20-7-5-6-8-22(20)28(23)14-17-9-11-18(26)12-10-17/h5-12,19H,13-16H2,1-4H3. The number of nitrogens with zero attached hydrogens (tertiary/aromatic N) is 2. The second-order valence-corrected chi connectivity index (χ2v) is 11.3. The second-order valence-electron chi connectivity index (χ2n) is 9.61. The number of rotatable bonds is 5. The molecule has 0 saturated heterocycles. The number of ether oxygens (including phenoxy) is 1. The summed E-state index contributed by atoms with van der Waals surface area (Å²) in [5.74, 6) is -0.298. The van der Waals surface area contributed by atoms with Crippen molar-refractivity contribution in [2.75, 3.05) is 12.9 Å². The van der Waals surface area contributed by atoms with Gasteiger partial charge in [0.2, 0.25) is 0 Å². The molecule has 2 heterocycles. The monoisotopic (exact) mass is 488 g/mol. The summed E-state index contributed by atoms with van der Waals surface area (Å²) in [5.41, 5.74) is 3.19. The zero-order valence-electron chi connectivity index (χ0n) is 19.7. The van der Waals surface area contributed by atoms with Crippen molar-refractivity contribution in [3.8, 4) is 0 Å². The third-order valence-corrected chi connectivity index (χ3v) is 6.32. The van der Waals surface area contributed by atoms with Crippen LogP contribution < -0.4 is 0 Å². The van der Waals surface area contributed by atoms with E-state index in [-0.39, 0.29) is 19.0 Å². The van der Waals surface area contributed by atoms with E-state index in [0.29, 0.717) is 13.0 Å². The number of aromatic nitrogens is 1. The Labute approximate surface area is 199 Å².